The molecule has 1 aliphatic rings. The number of carbonyl (C=O) groups is 1. The average molecular weight is 258 g/mol. The van der Waals surface area contributed by atoms with E-state index >= 15 is 0 Å². The number of thioether (sulfide) groups is 1. The largest absolute Gasteiger partial charge is 0.294 e. The molecule has 0 amide bonds. The standard InChI is InChI=1S/C16H18OS/c1-2-3-8-13-9-7-12-15(17)16(13)18-14-10-5-4-6-11-14/h2,4-6,10-11H,1,3,7-9,12H2. The number of benzene rings is 1. The fourth-order valence-corrected chi connectivity index (χ4v) is 3.23. The van der Waals surface area contributed by atoms with Crippen LogP contribution in [0.5, 0.6) is 0 Å². The molecule has 0 aliphatic heterocycles. The summed E-state index contributed by atoms with van der Waals surface area (Å²) >= 11 is 1.63. The maximum atomic E-state index is 12.1. The first kappa shape index (κ1) is 13.2. The third-order valence-electron chi connectivity index (χ3n) is 3.07. The van der Waals surface area contributed by atoms with Crippen LogP contribution in [0, 0.1) is 0 Å². The van der Waals surface area contributed by atoms with Crippen LogP contribution >= 0.6 is 11.8 Å². The topological polar surface area (TPSA) is 17.1 Å². The van der Waals surface area contributed by atoms with Gasteiger partial charge < -0.3 is 0 Å². The van der Waals surface area contributed by atoms with E-state index in [0.717, 1.165) is 35.5 Å². The minimum atomic E-state index is 0.314. The van der Waals surface area contributed by atoms with Gasteiger partial charge in [0.05, 0.1) is 4.91 Å². The zero-order valence-corrected chi connectivity index (χ0v) is 11.3. The third-order valence-corrected chi connectivity index (χ3v) is 4.30. The Hall–Kier alpha value is -1.28. The van der Waals surface area contributed by atoms with E-state index in [0.29, 0.717) is 12.2 Å². The van der Waals surface area contributed by atoms with E-state index in [2.05, 4.69) is 18.7 Å². The molecule has 18 heavy (non-hydrogen) atoms. The number of rotatable bonds is 5. The van der Waals surface area contributed by atoms with Crippen molar-refractivity contribution in [3.8, 4) is 0 Å². The van der Waals surface area contributed by atoms with Gasteiger partial charge in [-0.3, -0.25) is 4.79 Å². The van der Waals surface area contributed by atoms with E-state index in [1.165, 1.54) is 5.57 Å². The molecule has 0 fully saturated rings. The normalized spacial score (nSPS) is 15.9. The molecular weight excluding hydrogens is 240 g/mol. The van der Waals surface area contributed by atoms with Crippen molar-refractivity contribution in [2.75, 3.05) is 0 Å². The summed E-state index contributed by atoms with van der Waals surface area (Å²) in [6.45, 7) is 3.76. The molecule has 0 saturated carbocycles. The van der Waals surface area contributed by atoms with E-state index < -0.39 is 0 Å². The summed E-state index contributed by atoms with van der Waals surface area (Å²) in [5.74, 6) is 0.314. The molecule has 0 aromatic heterocycles. The molecule has 1 nitrogen and oxygen atoms in total. The van der Waals surface area contributed by atoms with E-state index in [4.69, 9.17) is 0 Å². The van der Waals surface area contributed by atoms with Crippen LogP contribution in [0.1, 0.15) is 32.1 Å². The minimum absolute atomic E-state index is 0.314. The highest BCUT2D eigenvalue weighted by molar-refractivity contribution is 8.04. The van der Waals surface area contributed by atoms with Gasteiger partial charge in [0.2, 0.25) is 0 Å². The summed E-state index contributed by atoms with van der Waals surface area (Å²) in [5, 5.41) is 0. The zero-order valence-electron chi connectivity index (χ0n) is 10.5. The quantitative estimate of drug-likeness (QED) is 0.709. The van der Waals surface area contributed by atoms with Gasteiger partial charge in [-0.05, 0) is 37.8 Å². The Kier molecular flexibility index (Phi) is 4.82. The lowest BCUT2D eigenvalue weighted by atomic mass is 9.95. The molecule has 0 radical (unpaired) electrons. The average Bonchev–Trinajstić information content (AvgIpc) is 2.41. The molecule has 2 rings (SSSR count). The number of allylic oxidation sites excluding steroid dienone is 3. The van der Waals surface area contributed by atoms with Crippen molar-refractivity contribution < 1.29 is 4.79 Å². The predicted molar refractivity (Wildman–Crippen MR) is 77.6 cm³/mol. The highest BCUT2D eigenvalue weighted by Crippen LogP contribution is 2.36. The molecule has 0 N–H and O–H groups in total. The summed E-state index contributed by atoms with van der Waals surface area (Å²) in [5.41, 5.74) is 1.32. The Morgan fingerprint density at radius 2 is 2.00 bits per heavy atom. The molecule has 0 heterocycles. The first-order chi connectivity index (χ1) is 8.81. The summed E-state index contributed by atoms with van der Waals surface area (Å²) < 4.78 is 0. The predicted octanol–water partition coefficient (Wildman–Crippen LogP) is 4.75. The lowest BCUT2D eigenvalue weighted by molar-refractivity contribution is -0.115. The molecule has 1 aromatic rings. The van der Waals surface area contributed by atoms with Crippen molar-refractivity contribution in [1.82, 2.24) is 0 Å². The van der Waals surface area contributed by atoms with E-state index in [9.17, 15) is 4.79 Å². The van der Waals surface area contributed by atoms with Gasteiger partial charge in [-0.1, -0.05) is 41.6 Å². The van der Waals surface area contributed by atoms with E-state index in [1.54, 1.807) is 11.8 Å². The molecule has 1 aromatic carbocycles. The second-order valence-corrected chi connectivity index (χ2v) is 5.54. The highest BCUT2D eigenvalue weighted by atomic mass is 32.2. The molecule has 94 valence electrons. The van der Waals surface area contributed by atoms with Crippen LogP contribution in [0.2, 0.25) is 0 Å². The number of hydrogen-bond acceptors (Lipinski definition) is 2. The maximum absolute atomic E-state index is 12.1. The minimum Gasteiger partial charge on any atom is -0.294 e. The lowest BCUT2D eigenvalue weighted by Crippen LogP contribution is -2.09. The van der Waals surface area contributed by atoms with Crippen molar-refractivity contribution in [1.29, 1.82) is 0 Å². The monoisotopic (exact) mass is 258 g/mol. The van der Waals surface area contributed by atoms with Gasteiger partial charge in [-0.15, -0.1) is 6.58 Å². The van der Waals surface area contributed by atoms with Crippen molar-refractivity contribution in [2.45, 2.75) is 37.0 Å². The second-order valence-electron chi connectivity index (χ2n) is 4.45. The molecule has 1 aliphatic carbocycles. The Morgan fingerprint density at radius 3 is 2.72 bits per heavy atom. The fraction of sp³-hybridized carbons (Fsp3) is 0.312. The number of carbonyl (C=O) groups excluding carboxylic acids is 1. The van der Waals surface area contributed by atoms with Crippen LogP contribution in [0.15, 0.2) is 58.4 Å². The lowest BCUT2D eigenvalue weighted by Gasteiger charge is -2.18. The molecule has 2 heteroatoms. The van der Waals surface area contributed by atoms with Crippen molar-refractivity contribution >= 4 is 17.5 Å². The van der Waals surface area contributed by atoms with Crippen LogP contribution in [0.3, 0.4) is 0 Å². The van der Waals surface area contributed by atoms with Crippen molar-refractivity contribution in [3.63, 3.8) is 0 Å². The van der Waals surface area contributed by atoms with Crippen molar-refractivity contribution in [2.24, 2.45) is 0 Å². The molecule has 0 unspecified atom stereocenters. The molecule has 0 bridgehead atoms. The van der Waals surface area contributed by atoms with Gasteiger partial charge in [0.1, 0.15) is 0 Å². The summed E-state index contributed by atoms with van der Waals surface area (Å²) in [4.78, 5) is 14.2. The van der Waals surface area contributed by atoms with Gasteiger partial charge in [-0.25, -0.2) is 0 Å². The number of ketones is 1. The van der Waals surface area contributed by atoms with Crippen LogP contribution in [0.4, 0.5) is 0 Å². The van der Waals surface area contributed by atoms with Crippen LogP contribution in [-0.2, 0) is 4.79 Å². The Labute approximate surface area is 113 Å². The number of hydrogen-bond donors (Lipinski definition) is 0. The maximum Gasteiger partial charge on any atom is 0.169 e. The summed E-state index contributed by atoms with van der Waals surface area (Å²) in [6.07, 6.45) is 6.63. The summed E-state index contributed by atoms with van der Waals surface area (Å²) in [6, 6.07) is 10.1. The van der Waals surface area contributed by atoms with Crippen LogP contribution in [0.25, 0.3) is 0 Å². The second kappa shape index (κ2) is 6.60. The van der Waals surface area contributed by atoms with E-state index in [1.807, 2.05) is 24.3 Å². The fourth-order valence-electron chi connectivity index (χ4n) is 2.14. The van der Waals surface area contributed by atoms with E-state index in [-0.39, 0.29) is 0 Å². The molecular formula is C16H18OS. The molecule has 0 spiro atoms. The molecule has 0 atom stereocenters. The highest BCUT2D eigenvalue weighted by Gasteiger charge is 2.20. The van der Waals surface area contributed by atoms with Gasteiger partial charge in [0.25, 0.3) is 0 Å². The van der Waals surface area contributed by atoms with Crippen molar-refractivity contribution in [3.05, 3.63) is 53.5 Å². The first-order valence-corrected chi connectivity index (χ1v) is 7.22. The van der Waals surface area contributed by atoms with Gasteiger partial charge >= 0.3 is 0 Å². The van der Waals surface area contributed by atoms with Crippen LogP contribution < -0.4 is 0 Å². The Morgan fingerprint density at radius 1 is 1.22 bits per heavy atom. The number of Topliss-reactive ketones (excluding diaryl/α,β-unsaturated/α-hetero) is 1. The zero-order chi connectivity index (χ0) is 12.8. The van der Waals surface area contributed by atoms with Gasteiger partial charge in [-0.2, -0.15) is 0 Å². The smallest absolute Gasteiger partial charge is 0.169 e. The SMILES string of the molecule is C=CCCC1=C(Sc2ccccc2)C(=O)CCC1. The Balaban J connectivity index is 2.20. The molecule has 0 saturated heterocycles. The summed E-state index contributed by atoms with van der Waals surface area (Å²) in [7, 11) is 0. The van der Waals surface area contributed by atoms with Gasteiger partial charge in [0.15, 0.2) is 5.78 Å². The van der Waals surface area contributed by atoms with Crippen LogP contribution in [-0.4, -0.2) is 5.78 Å². The third kappa shape index (κ3) is 3.36. The first-order valence-electron chi connectivity index (χ1n) is 6.40. The van der Waals surface area contributed by atoms with Gasteiger partial charge in [0, 0.05) is 11.3 Å². The Bertz CT molecular complexity index is 459.